The van der Waals surface area contributed by atoms with Crippen LogP contribution in [-0.4, -0.2) is 27.3 Å². The Labute approximate surface area is 270 Å². The zero-order valence-electron chi connectivity index (χ0n) is 27.2. The first-order chi connectivity index (χ1) is 21.9. The van der Waals surface area contributed by atoms with Crippen molar-refractivity contribution in [2.45, 2.75) is 103 Å². The summed E-state index contributed by atoms with van der Waals surface area (Å²) in [5, 5.41) is 4.42. The van der Waals surface area contributed by atoms with Crippen LogP contribution in [0.1, 0.15) is 108 Å². The van der Waals surface area contributed by atoms with Gasteiger partial charge in [0.2, 0.25) is 0 Å². The van der Waals surface area contributed by atoms with Crippen LogP contribution in [0.3, 0.4) is 0 Å². The van der Waals surface area contributed by atoms with Gasteiger partial charge in [-0.1, -0.05) is 120 Å². The average molecular weight is 632 g/mol. The van der Waals surface area contributed by atoms with E-state index in [0.29, 0.717) is 47.2 Å². The maximum Gasteiger partial charge on any atom is 0.276 e. The number of ether oxygens (including phenoxy) is 2. The van der Waals surface area contributed by atoms with Crippen LogP contribution in [0.5, 0.6) is 11.5 Å². The Balaban J connectivity index is 1.87. The summed E-state index contributed by atoms with van der Waals surface area (Å²) in [5.74, 6) is 1.28. The number of rotatable bonds is 21. The highest BCUT2D eigenvalue weighted by atomic mass is 32.2. The summed E-state index contributed by atoms with van der Waals surface area (Å²) in [7, 11) is -3.91. The van der Waals surface area contributed by atoms with E-state index < -0.39 is 10.0 Å². The van der Waals surface area contributed by atoms with Crippen molar-refractivity contribution in [3.05, 3.63) is 94.8 Å². The molecule has 45 heavy (non-hydrogen) atoms. The van der Waals surface area contributed by atoms with Gasteiger partial charge in [-0.25, -0.2) is 4.85 Å². The Morgan fingerprint density at radius 1 is 0.711 bits per heavy atom. The van der Waals surface area contributed by atoms with Crippen LogP contribution in [0.15, 0.2) is 76.7 Å². The summed E-state index contributed by atoms with van der Waals surface area (Å²) in [6.07, 6.45) is 14.0. The van der Waals surface area contributed by atoms with Gasteiger partial charge in [0.15, 0.2) is 17.2 Å². The van der Waals surface area contributed by atoms with Crippen LogP contribution in [-0.2, 0) is 10.0 Å². The molecule has 0 saturated carbocycles. The number of benzene rings is 3. The van der Waals surface area contributed by atoms with E-state index in [1.54, 1.807) is 48.5 Å². The Hall–Kier alpha value is -3.83. The molecule has 1 N–H and O–H groups in total. The van der Waals surface area contributed by atoms with Crippen molar-refractivity contribution in [2.75, 3.05) is 13.2 Å². The van der Waals surface area contributed by atoms with Crippen LogP contribution in [0.4, 0.5) is 5.69 Å². The van der Waals surface area contributed by atoms with Crippen LogP contribution >= 0.6 is 0 Å². The molecule has 0 unspecified atom stereocenters. The van der Waals surface area contributed by atoms with Crippen molar-refractivity contribution in [3.8, 4) is 11.5 Å². The molecule has 0 aliphatic rings. The monoisotopic (exact) mass is 631 g/mol. The smallest absolute Gasteiger partial charge is 0.276 e. The number of unbranched alkanes of at least 4 members (excludes halogenated alkanes) is 10. The average Bonchev–Trinajstić information content (AvgIpc) is 3.05. The fourth-order valence-electron chi connectivity index (χ4n) is 4.88. The first-order valence-electron chi connectivity index (χ1n) is 16.4. The Bertz CT molecular complexity index is 1480. The van der Waals surface area contributed by atoms with Crippen LogP contribution in [0.25, 0.3) is 4.85 Å². The minimum atomic E-state index is -3.91. The van der Waals surface area contributed by atoms with Gasteiger partial charge < -0.3 is 9.47 Å². The molecule has 3 rings (SSSR count). The van der Waals surface area contributed by atoms with E-state index in [-0.39, 0.29) is 4.90 Å². The van der Waals surface area contributed by atoms with Gasteiger partial charge in [-0.15, -0.1) is 0 Å². The van der Waals surface area contributed by atoms with Gasteiger partial charge in [0.1, 0.15) is 0 Å². The van der Waals surface area contributed by atoms with E-state index in [0.717, 1.165) is 31.2 Å². The minimum Gasteiger partial charge on any atom is -0.490 e. The minimum absolute atomic E-state index is 0.126. The molecule has 3 aromatic carbocycles. The maximum absolute atomic E-state index is 13.1. The van der Waals surface area contributed by atoms with Crippen molar-refractivity contribution in [2.24, 2.45) is 5.10 Å². The molecule has 0 bridgehead atoms. The van der Waals surface area contributed by atoms with E-state index in [1.165, 1.54) is 51.4 Å². The summed E-state index contributed by atoms with van der Waals surface area (Å²) in [6, 6.07) is 19.2. The van der Waals surface area contributed by atoms with Gasteiger partial charge >= 0.3 is 0 Å². The Morgan fingerprint density at radius 2 is 1.24 bits per heavy atom. The first-order valence-corrected chi connectivity index (χ1v) is 17.9. The number of hydrogen-bond donors (Lipinski definition) is 1. The predicted octanol–water partition coefficient (Wildman–Crippen LogP) is 9.76. The fraction of sp³-hybridized carbons (Fsp3) is 0.459. The quantitative estimate of drug-likeness (QED) is 0.0549. The van der Waals surface area contributed by atoms with Gasteiger partial charge in [-0.2, -0.15) is 18.4 Å². The second-order valence-electron chi connectivity index (χ2n) is 11.4. The second-order valence-corrected chi connectivity index (χ2v) is 13.1. The molecule has 242 valence electrons. The van der Waals surface area contributed by atoms with Gasteiger partial charge in [0.05, 0.1) is 30.4 Å². The van der Waals surface area contributed by atoms with Gasteiger partial charge in [0, 0.05) is 11.1 Å². The summed E-state index contributed by atoms with van der Waals surface area (Å²) in [5.41, 5.74) is 3.19. The predicted molar refractivity (Wildman–Crippen MR) is 184 cm³/mol. The standard InChI is InChI=1S/C37H49N3O4S/c1-5-7-9-11-13-15-27-43-35-26-21-32(29-36(35)44-28-16-14-12-10-8-6-2)37(31-19-22-33(38-4)23-20-31)39-40-45(41,42)34-24-17-30(3)18-25-34/h17-26,29,40H,5-16,27-28H2,1-3H3/b39-37+. The highest BCUT2D eigenvalue weighted by Gasteiger charge is 2.17. The topological polar surface area (TPSA) is 81.4 Å². The number of sulfonamides is 1. The van der Waals surface area contributed by atoms with E-state index in [4.69, 9.17) is 16.0 Å². The van der Waals surface area contributed by atoms with Crippen molar-refractivity contribution < 1.29 is 17.9 Å². The highest BCUT2D eigenvalue weighted by molar-refractivity contribution is 7.89. The molecule has 0 heterocycles. The number of aryl methyl sites for hydroxylation is 1. The van der Waals surface area contributed by atoms with Crippen molar-refractivity contribution >= 4 is 21.4 Å². The largest absolute Gasteiger partial charge is 0.490 e. The molecule has 0 aromatic heterocycles. The van der Waals surface area contributed by atoms with Crippen LogP contribution in [0, 0.1) is 13.5 Å². The van der Waals surface area contributed by atoms with Gasteiger partial charge in [-0.05, 0) is 50.1 Å². The molecular weight excluding hydrogens is 582 g/mol. The fourth-order valence-corrected chi connectivity index (χ4v) is 5.69. The van der Waals surface area contributed by atoms with E-state index >= 15 is 0 Å². The Morgan fingerprint density at radius 3 is 1.82 bits per heavy atom. The van der Waals surface area contributed by atoms with E-state index in [2.05, 4.69) is 28.6 Å². The first kappa shape index (κ1) is 35.6. The molecule has 7 nitrogen and oxygen atoms in total. The molecule has 0 aliphatic carbocycles. The number of nitrogens with one attached hydrogen (secondary N) is 1. The Kier molecular flexibility index (Phi) is 15.5. The molecule has 8 heteroatoms. The summed E-state index contributed by atoms with van der Waals surface area (Å²) in [6.45, 7) is 14.8. The summed E-state index contributed by atoms with van der Waals surface area (Å²) in [4.78, 5) is 6.03. The number of hydrogen-bond acceptors (Lipinski definition) is 5. The molecular formula is C37H49N3O4S. The van der Waals surface area contributed by atoms with Gasteiger partial charge in [0.25, 0.3) is 10.0 Å². The lowest BCUT2D eigenvalue weighted by molar-refractivity contribution is 0.258. The van der Waals surface area contributed by atoms with Gasteiger partial charge in [-0.3, -0.25) is 0 Å². The van der Waals surface area contributed by atoms with Crippen molar-refractivity contribution in [1.82, 2.24) is 4.83 Å². The molecule has 0 aliphatic heterocycles. The highest BCUT2D eigenvalue weighted by Crippen LogP contribution is 2.31. The second kappa shape index (κ2) is 19.5. The normalized spacial score (nSPS) is 11.6. The lowest BCUT2D eigenvalue weighted by Crippen LogP contribution is -2.21. The van der Waals surface area contributed by atoms with Crippen molar-refractivity contribution in [3.63, 3.8) is 0 Å². The van der Waals surface area contributed by atoms with E-state index in [1.807, 2.05) is 25.1 Å². The maximum atomic E-state index is 13.1. The third-order valence-electron chi connectivity index (χ3n) is 7.61. The van der Waals surface area contributed by atoms with Crippen LogP contribution in [0.2, 0.25) is 0 Å². The summed E-state index contributed by atoms with van der Waals surface area (Å²) < 4.78 is 38.7. The molecule has 0 amide bonds. The van der Waals surface area contributed by atoms with Crippen LogP contribution < -0.4 is 14.3 Å². The number of hydrazone groups is 1. The summed E-state index contributed by atoms with van der Waals surface area (Å²) >= 11 is 0. The SMILES string of the molecule is [C-]#[N+]c1ccc(/C(=N\NS(=O)(=O)c2ccc(C)cc2)c2ccc(OCCCCCCCC)c(OCCCCCCCC)c2)cc1. The molecule has 3 aromatic rings. The third kappa shape index (κ3) is 12.2. The lowest BCUT2D eigenvalue weighted by Gasteiger charge is -2.16. The third-order valence-corrected chi connectivity index (χ3v) is 8.83. The number of nitrogens with zero attached hydrogens (tertiary/aromatic N) is 2. The lowest BCUT2D eigenvalue weighted by atomic mass is 10.0. The molecule has 0 saturated heterocycles. The van der Waals surface area contributed by atoms with E-state index in [9.17, 15) is 8.42 Å². The molecule has 0 atom stereocenters. The molecule has 0 fully saturated rings. The zero-order valence-corrected chi connectivity index (χ0v) is 28.0. The zero-order chi connectivity index (χ0) is 32.3. The molecule has 0 spiro atoms. The molecule has 0 radical (unpaired) electrons. The van der Waals surface area contributed by atoms with Crippen molar-refractivity contribution in [1.29, 1.82) is 0 Å².